The van der Waals surface area contributed by atoms with Crippen molar-refractivity contribution in [3.8, 4) is 0 Å². The number of hydrogen-bond acceptors (Lipinski definition) is 2. The Balaban J connectivity index is 2.05. The van der Waals surface area contributed by atoms with E-state index < -0.39 is 0 Å². The maximum atomic E-state index is 12.4. The molecule has 1 fully saturated rings. The minimum atomic E-state index is -0.160. The Labute approximate surface area is 129 Å². The van der Waals surface area contributed by atoms with Crippen LogP contribution < -0.4 is 11.1 Å². The molecule has 0 aliphatic heterocycles. The molecule has 1 unspecified atom stereocenters. The number of benzene rings is 1. The van der Waals surface area contributed by atoms with Crippen molar-refractivity contribution >= 4 is 29.1 Å². The van der Waals surface area contributed by atoms with E-state index in [1.54, 1.807) is 18.2 Å². The zero-order valence-corrected chi connectivity index (χ0v) is 13.0. The lowest BCUT2D eigenvalue weighted by Gasteiger charge is -2.22. The van der Waals surface area contributed by atoms with Crippen molar-refractivity contribution in [2.45, 2.75) is 32.2 Å². The van der Waals surface area contributed by atoms with Crippen molar-refractivity contribution in [1.29, 1.82) is 0 Å². The molecule has 0 heterocycles. The molecule has 1 aliphatic rings. The standard InChI is InChI=1S/C15H20Cl2N2O/c1-9(13-7-11(16)5-6-14(13)17)19-15(20)12-4-2-3-10(12)8-18/h5-7,9-10,12H,2-4,8,18H2,1H3,(H,19,20)/t9?,10-,12-/m1/s1. The van der Waals surface area contributed by atoms with Gasteiger partial charge in [0.25, 0.3) is 0 Å². The molecule has 2 rings (SSSR count). The third kappa shape index (κ3) is 3.46. The van der Waals surface area contributed by atoms with Gasteiger partial charge in [0.05, 0.1) is 6.04 Å². The summed E-state index contributed by atoms with van der Waals surface area (Å²) < 4.78 is 0. The van der Waals surface area contributed by atoms with Crippen LogP contribution in [0.1, 0.15) is 37.8 Å². The van der Waals surface area contributed by atoms with Gasteiger partial charge in [0.1, 0.15) is 0 Å². The Morgan fingerprint density at radius 1 is 1.45 bits per heavy atom. The highest BCUT2D eigenvalue weighted by atomic mass is 35.5. The third-order valence-corrected chi connectivity index (χ3v) is 4.66. The SMILES string of the molecule is CC(NC(=O)[C@@H]1CCC[C@@H]1CN)c1cc(Cl)ccc1Cl. The monoisotopic (exact) mass is 314 g/mol. The van der Waals surface area contributed by atoms with Crippen molar-refractivity contribution in [3.63, 3.8) is 0 Å². The molecule has 1 amide bonds. The lowest BCUT2D eigenvalue weighted by molar-refractivity contribution is -0.126. The first-order chi connectivity index (χ1) is 9.52. The summed E-state index contributed by atoms with van der Waals surface area (Å²) >= 11 is 12.1. The first-order valence-corrected chi connectivity index (χ1v) is 7.74. The van der Waals surface area contributed by atoms with Gasteiger partial charge >= 0.3 is 0 Å². The van der Waals surface area contributed by atoms with E-state index in [4.69, 9.17) is 28.9 Å². The van der Waals surface area contributed by atoms with Gasteiger partial charge < -0.3 is 11.1 Å². The number of nitrogens with one attached hydrogen (secondary N) is 1. The van der Waals surface area contributed by atoms with Crippen LogP contribution in [-0.2, 0) is 4.79 Å². The minimum Gasteiger partial charge on any atom is -0.349 e. The van der Waals surface area contributed by atoms with Crippen LogP contribution in [0.2, 0.25) is 10.0 Å². The van der Waals surface area contributed by atoms with Gasteiger partial charge in [0.2, 0.25) is 5.91 Å². The lowest BCUT2D eigenvalue weighted by Crippen LogP contribution is -2.36. The number of amides is 1. The van der Waals surface area contributed by atoms with E-state index >= 15 is 0 Å². The molecule has 1 aliphatic carbocycles. The second-order valence-electron chi connectivity index (χ2n) is 5.43. The van der Waals surface area contributed by atoms with E-state index in [2.05, 4.69) is 5.32 Å². The van der Waals surface area contributed by atoms with Gasteiger partial charge in [-0.25, -0.2) is 0 Å². The summed E-state index contributed by atoms with van der Waals surface area (Å²) in [6.45, 7) is 2.49. The van der Waals surface area contributed by atoms with Gasteiger partial charge in [-0.15, -0.1) is 0 Å². The molecule has 1 aromatic rings. The van der Waals surface area contributed by atoms with Gasteiger partial charge in [-0.2, -0.15) is 0 Å². The van der Waals surface area contributed by atoms with Crippen molar-refractivity contribution in [2.75, 3.05) is 6.54 Å². The number of halogens is 2. The largest absolute Gasteiger partial charge is 0.349 e. The first-order valence-electron chi connectivity index (χ1n) is 6.98. The Morgan fingerprint density at radius 3 is 2.90 bits per heavy atom. The summed E-state index contributed by atoms with van der Waals surface area (Å²) in [4.78, 5) is 12.4. The van der Waals surface area contributed by atoms with Gasteiger partial charge in [-0.3, -0.25) is 4.79 Å². The van der Waals surface area contributed by atoms with Crippen LogP contribution in [0.15, 0.2) is 18.2 Å². The molecular weight excluding hydrogens is 295 g/mol. The van der Waals surface area contributed by atoms with E-state index in [0.29, 0.717) is 22.5 Å². The van der Waals surface area contributed by atoms with Crippen LogP contribution in [0.4, 0.5) is 0 Å². The topological polar surface area (TPSA) is 55.1 Å². The molecule has 0 aromatic heterocycles. The summed E-state index contributed by atoms with van der Waals surface area (Å²) in [5, 5.41) is 4.26. The van der Waals surface area contributed by atoms with Crippen molar-refractivity contribution in [3.05, 3.63) is 33.8 Å². The summed E-state index contributed by atoms with van der Waals surface area (Å²) in [6, 6.07) is 5.13. The van der Waals surface area contributed by atoms with Crippen molar-refractivity contribution in [2.24, 2.45) is 17.6 Å². The second kappa shape index (κ2) is 6.79. The van der Waals surface area contributed by atoms with Gasteiger partial charge in [-0.1, -0.05) is 29.6 Å². The van der Waals surface area contributed by atoms with Gasteiger partial charge in [-0.05, 0) is 56.0 Å². The van der Waals surface area contributed by atoms with Gasteiger partial charge in [0, 0.05) is 16.0 Å². The molecule has 3 N–H and O–H groups in total. The molecule has 0 spiro atoms. The Kier molecular flexibility index (Phi) is 5.30. The molecule has 0 saturated heterocycles. The van der Waals surface area contributed by atoms with E-state index in [1.165, 1.54) is 0 Å². The third-order valence-electron chi connectivity index (χ3n) is 4.08. The molecule has 1 aromatic carbocycles. The smallest absolute Gasteiger partial charge is 0.223 e. The number of carbonyl (C=O) groups is 1. The molecule has 20 heavy (non-hydrogen) atoms. The summed E-state index contributed by atoms with van der Waals surface area (Å²) in [7, 11) is 0. The predicted molar refractivity (Wildman–Crippen MR) is 82.9 cm³/mol. The second-order valence-corrected chi connectivity index (χ2v) is 6.27. The summed E-state index contributed by atoms with van der Waals surface area (Å²) in [5.74, 6) is 0.402. The van der Waals surface area contributed by atoms with Crippen LogP contribution in [0, 0.1) is 11.8 Å². The first kappa shape index (κ1) is 15.6. The highest BCUT2D eigenvalue weighted by molar-refractivity contribution is 6.33. The van der Waals surface area contributed by atoms with E-state index in [-0.39, 0.29) is 17.9 Å². The highest BCUT2D eigenvalue weighted by Crippen LogP contribution is 2.32. The van der Waals surface area contributed by atoms with E-state index in [0.717, 1.165) is 24.8 Å². The normalized spacial score (nSPS) is 23.6. The lowest BCUT2D eigenvalue weighted by atomic mass is 9.94. The molecular formula is C15H20Cl2N2O. The van der Waals surface area contributed by atoms with E-state index in [1.807, 2.05) is 6.92 Å². The van der Waals surface area contributed by atoms with Gasteiger partial charge in [0.15, 0.2) is 0 Å². The van der Waals surface area contributed by atoms with Crippen LogP contribution in [0.3, 0.4) is 0 Å². The molecule has 5 heteroatoms. The number of nitrogens with two attached hydrogens (primary N) is 1. The molecule has 1 saturated carbocycles. The Bertz CT molecular complexity index is 493. The number of rotatable bonds is 4. The zero-order valence-electron chi connectivity index (χ0n) is 11.5. The number of carbonyl (C=O) groups excluding carboxylic acids is 1. The maximum Gasteiger partial charge on any atom is 0.223 e. The van der Waals surface area contributed by atoms with Crippen LogP contribution in [0.25, 0.3) is 0 Å². The average Bonchev–Trinajstić information content (AvgIpc) is 2.89. The number of hydrogen-bond donors (Lipinski definition) is 2. The maximum absolute atomic E-state index is 12.4. The molecule has 3 nitrogen and oxygen atoms in total. The van der Waals surface area contributed by atoms with Crippen molar-refractivity contribution < 1.29 is 4.79 Å². The van der Waals surface area contributed by atoms with E-state index in [9.17, 15) is 4.79 Å². The Hall–Kier alpha value is -0.770. The zero-order chi connectivity index (χ0) is 14.7. The average molecular weight is 315 g/mol. The molecule has 0 radical (unpaired) electrons. The molecule has 110 valence electrons. The minimum absolute atomic E-state index is 0.0282. The van der Waals surface area contributed by atoms with Crippen LogP contribution in [0.5, 0.6) is 0 Å². The summed E-state index contributed by atoms with van der Waals surface area (Å²) in [5.41, 5.74) is 6.57. The summed E-state index contributed by atoms with van der Waals surface area (Å²) in [6.07, 6.45) is 3.04. The van der Waals surface area contributed by atoms with Crippen LogP contribution >= 0.6 is 23.2 Å². The van der Waals surface area contributed by atoms with Crippen molar-refractivity contribution in [1.82, 2.24) is 5.32 Å². The van der Waals surface area contributed by atoms with Crippen LogP contribution in [-0.4, -0.2) is 12.5 Å². The molecule has 0 bridgehead atoms. The predicted octanol–water partition coefficient (Wildman–Crippen LogP) is 3.55. The highest BCUT2D eigenvalue weighted by Gasteiger charge is 2.32. The fourth-order valence-electron chi connectivity index (χ4n) is 2.91. The Morgan fingerprint density at radius 2 is 2.20 bits per heavy atom. The fourth-order valence-corrected chi connectivity index (χ4v) is 3.37. The molecule has 3 atom stereocenters. The quantitative estimate of drug-likeness (QED) is 0.893. The fraction of sp³-hybridized carbons (Fsp3) is 0.533.